The maximum absolute atomic E-state index is 5.76. The van der Waals surface area contributed by atoms with Crippen molar-refractivity contribution in [3.8, 4) is 5.75 Å². The molecular formula is C14H21N3OS. The number of nitrogens with zero attached hydrogens (tertiary/aromatic N) is 1. The van der Waals surface area contributed by atoms with Crippen molar-refractivity contribution in [3.63, 3.8) is 0 Å². The van der Waals surface area contributed by atoms with Crippen LogP contribution in [-0.4, -0.2) is 17.9 Å². The SMILES string of the molecule is CCCCCCOc1ccccc1/C=N/NC(N)=S. The van der Waals surface area contributed by atoms with Crippen molar-refractivity contribution in [2.75, 3.05) is 6.61 Å². The minimum Gasteiger partial charge on any atom is -0.493 e. The molecule has 0 aliphatic rings. The maximum Gasteiger partial charge on any atom is 0.184 e. The van der Waals surface area contributed by atoms with E-state index >= 15 is 0 Å². The molecule has 1 aromatic rings. The Kier molecular flexibility index (Phi) is 7.58. The number of para-hydroxylation sites is 1. The summed E-state index contributed by atoms with van der Waals surface area (Å²) >= 11 is 4.68. The van der Waals surface area contributed by atoms with Gasteiger partial charge < -0.3 is 10.5 Å². The van der Waals surface area contributed by atoms with Crippen molar-refractivity contribution in [1.29, 1.82) is 0 Å². The van der Waals surface area contributed by atoms with E-state index in [-0.39, 0.29) is 5.11 Å². The lowest BCUT2D eigenvalue weighted by molar-refractivity contribution is 0.304. The van der Waals surface area contributed by atoms with Crippen LogP contribution in [0.5, 0.6) is 5.75 Å². The molecular weight excluding hydrogens is 258 g/mol. The monoisotopic (exact) mass is 279 g/mol. The Morgan fingerprint density at radius 1 is 1.37 bits per heavy atom. The third kappa shape index (κ3) is 6.76. The minimum absolute atomic E-state index is 0.147. The molecule has 0 unspecified atom stereocenters. The lowest BCUT2D eigenvalue weighted by Gasteiger charge is -2.08. The van der Waals surface area contributed by atoms with Crippen LogP contribution >= 0.6 is 12.2 Å². The summed E-state index contributed by atoms with van der Waals surface area (Å²) in [4.78, 5) is 0. The van der Waals surface area contributed by atoms with Gasteiger partial charge >= 0.3 is 0 Å². The van der Waals surface area contributed by atoms with E-state index in [1.165, 1.54) is 19.3 Å². The molecule has 0 aliphatic heterocycles. The zero-order valence-electron chi connectivity index (χ0n) is 11.3. The van der Waals surface area contributed by atoms with E-state index in [2.05, 4.69) is 29.7 Å². The lowest BCUT2D eigenvalue weighted by Crippen LogP contribution is -2.24. The highest BCUT2D eigenvalue weighted by Gasteiger charge is 2.00. The van der Waals surface area contributed by atoms with Crippen LogP contribution in [0, 0.1) is 0 Å². The second-order valence-corrected chi connectivity index (χ2v) is 4.62. The molecule has 19 heavy (non-hydrogen) atoms. The number of hydrazone groups is 1. The van der Waals surface area contributed by atoms with Gasteiger partial charge in [-0.2, -0.15) is 5.10 Å². The van der Waals surface area contributed by atoms with Crippen molar-refractivity contribution < 1.29 is 4.74 Å². The lowest BCUT2D eigenvalue weighted by atomic mass is 10.2. The quantitative estimate of drug-likeness (QED) is 0.332. The number of benzene rings is 1. The highest BCUT2D eigenvalue weighted by molar-refractivity contribution is 7.80. The Morgan fingerprint density at radius 3 is 2.89 bits per heavy atom. The molecule has 5 heteroatoms. The summed E-state index contributed by atoms with van der Waals surface area (Å²) in [6.07, 6.45) is 6.42. The molecule has 0 aliphatic carbocycles. The molecule has 1 aromatic carbocycles. The maximum atomic E-state index is 5.76. The van der Waals surface area contributed by atoms with Gasteiger partial charge in [-0.15, -0.1) is 0 Å². The van der Waals surface area contributed by atoms with E-state index in [1.807, 2.05) is 24.3 Å². The largest absolute Gasteiger partial charge is 0.493 e. The molecule has 0 atom stereocenters. The number of ether oxygens (including phenoxy) is 1. The third-order valence-corrected chi connectivity index (χ3v) is 2.64. The van der Waals surface area contributed by atoms with Gasteiger partial charge in [0.1, 0.15) is 5.75 Å². The average molecular weight is 279 g/mol. The molecule has 0 saturated carbocycles. The summed E-state index contributed by atoms with van der Waals surface area (Å²) in [6, 6.07) is 7.75. The molecule has 0 fully saturated rings. The standard InChI is InChI=1S/C14H21N3OS/c1-2-3-4-7-10-18-13-9-6-5-8-12(13)11-16-17-14(15)19/h5-6,8-9,11H,2-4,7,10H2,1H3,(H3,15,17,19)/b16-11+. The number of unbranched alkanes of at least 4 members (excludes halogenated alkanes) is 3. The van der Waals surface area contributed by atoms with Gasteiger partial charge in [-0.1, -0.05) is 38.3 Å². The van der Waals surface area contributed by atoms with E-state index in [0.717, 1.165) is 24.3 Å². The molecule has 0 spiro atoms. The molecule has 0 amide bonds. The second-order valence-electron chi connectivity index (χ2n) is 4.18. The Hall–Kier alpha value is -1.62. The van der Waals surface area contributed by atoms with Crippen LogP contribution in [0.4, 0.5) is 0 Å². The van der Waals surface area contributed by atoms with E-state index in [4.69, 9.17) is 10.5 Å². The predicted molar refractivity (Wildman–Crippen MR) is 83.6 cm³/mol. The molecule has 1 rings (SSSR count). The first-order valence-corrected chi connectivity index (χ1v) is 6.95. The van der Waals surface area contributed by atoms with Crippen molar-refractivity contribution >= 4 is 23.5 Å². The predicted octanol–water partition coefficient (Wildman–Crippen LogP) is 2.81. The van der Waals surface area contributed by atoms with Gasteiger partial charge in [-0.3, -0.25) is 5.43 Å². The molecule has 0 saturated heterocycles. The Balaban J connectivity index is 2.48. The zero-order valence-corrected chi connectivity index (χ0v) is 12.1. The molecule has 0 heterocycles. The number of hydrogen-bond donors (Lipinski definition) is 2. The Bertz CT molecular complexity index is 421. The van der Waals surface area contributed by atoms with Crippen LogP contribution in [0.3, 0.4) is 0 Å². The number of nitrogens with one attached hydrogen (secondary N) is 1. The van der Waals surface area contributed by atoms with Gasteiger partial charge in [0.25, 0.3) is 0 Å². The summed E-state index contributed by atoms with van der Waals surface area (Å²) < 4.78 is 5.76. The zero-order chi connectivity index (χ0) is 13.9. The van der Waals surface area contributed by atoms with Gasteiger partial charge in [-0.25, -0.2) is 0 Å². The molecule has 0 aromatic heterocycles. The summed E-state index contributed by atoms with van der Waals surface area (Å²) in [7, 11) is 0. The fourth-order valence-electron chi connectivity index (χ4n) is 1.60. The Labute approximate surface area is 120 Å². The highest BCUT2D eigenvalue weighted by Crippen LogP contribution is 2.16. The van der Waals surface area contributed by atoms with Gasteiger partial charge in [0.15, 0.2) is 5.11 Å². The molecule has 0 bridgehead atoms. The summed E-state index contributed by atoms with van der Waals surface area (Å²) in [6.45, 7) is 2.93. The first-order chi connectivity index (χ1) is 9.24. The molecule has 4 nitrogen and oxygen atoms in total. The van der Waals surface area contributed by atoms with Crippen molar-refractivity contribution in [2.24, 2.45) is 10.8 Å². The van der Waals surface area contributed by atoms with Crippen LogP contribution in [-0.2, 0) is 0 Å². The Morgan fingerprint density at radius 2 is 2.16 bits per heavy atom. The topological polar surface area (TPSA) is 59.6 Å². The van der Waals surface area contributed by atoms with E-state index in [9.17, 15) is 0 Å². The van der Waals surface area contributed by atoms with Gasteiger partial charge in [0.2, 0.25) is 0 Å². The third-order valence-electron chi connectivity index (χ3n) is 2.55. The smallest absolute Gasteiger partial charge is 0.184 e. The molecule has 0 radical (unpaired) electrons. The number of thiocarbonyl (C=S) groups is 1. The van der Waals surface area contributed by atoms with Gasteiger partial charge in [-0.05, 0) is 30.8 Å². The van der Waals surface area contributed by atoms with Crippen LogP contribution in [0.2, 0.25) is 0 Å². The summed E-state index contributed by atoms with van der Waals surface area (Å²) in [5.41, 5.74) is 8.73. The molecule has 104 valence electrons. The number of rotatable bonds is 8. The second kappa shape index (κ2) is 9.33. The average Bonchev–Trinajstić information content (AvgIpc) is 2.40. The fourth-order valence-corrected chi connectivity index (χ4v) is 1.65. The van der Waals surface area contributed by atoms with Gasteiger partial charge in [0.05, 0.1) is 12.8 Å². The van der Waals surface area contributed by atoms with Crippen molar-refractivity contribution in [2.45, 2.75) is 32.6 Å². The summed E-state index contributed by atoms with van der Waals surface area (Å²) in [5, 5.41) is 4.09. The minimum atomic E-state index is 0.147. The fraction of sp³-hybridized carbons (Fsp3) is 0.429. The van der Waals surface area contributed by atoms with Crippen LogP contribution in [0.25, 0.3) is 0 Å². The van der Waals surface area contributed by atoms with Crippen LogP contribution in [0.15, 0.2) is 29.4 Å². The summed E-state index contributed by atoms with van der Waals surface area (Å²) in [5.74, 6) is 0.826. The van der Waals surface area contributed by atoms with Crippen LogP contribution < -0.4 is 15.9 Å². The molecule has 3 N–H and O–H groups in total. The van der Waals surface area contributed by atoms with Gasteiger partial charge in [0, 0.05) is 5.56 Å². The van der Waals surface area contributed by atoms with Crippen molar-refractivity contribution in [1.82, 2.24) is 5.43 Å². The van der Waals surface area contributed by atoms with E-state index in [0.29, 0.717) is 0 Å². The first-order valence-electron chi connectivity index (χ1n) is 6.54. The van der Waals surface area contributed by atoms with Crippen molar-refractivity contribution in [3.05, 3.63) is 29.8 Å². The first kappa shape index (κ1) is 15.4. The number of hydrogen-bond acceptors (Lipinski definition) is 3. The number of nitrogens with two attached hydrogens (primary N) is 1. The van der Waals surface area contributed by atoms with Crippen LogP contribution in [0.1, 0.15) is 38.2 Å². The van der Waals surface area contributed by atoms with E-state index in [1.54, 1.807) is 6.21 Å². The normalized spacial score (nSPS) is 10.6. The highest BCUT2D eigenvalue weighted by atomic mass is 32.1. The van der Waals surface area contributed by atoms with E-state index < -0.39 is 0 Å².